The van der Waals surface area contributed by atoms with Crippen molar-refractivity contribution in [3.63, 3.8) is 0 Å². The maximum absolute atomic E-state index is 12.1. The number of nitrogens with one attached hydrogen (secondary N) is 1. The van der Waals surface area contributed by atoms with Gasteiger partial charge in [-0.3, -0.25) is 9.69 Å². The van der Waals surface area contributed by atoms with Crippen LogP contribution in [-0.4, -0.2) is 41.7 Å². The van der Waals surface area contributed by atoms with Crippen molar-refractivity contribution < 1.29 is 9.90 Å². The van der Waals surface area contributed by atoms with Crippen LogP contribution in [0.4, 0.5) is 5.69 Å². The highest BCUT2D eigenvalue weighted by molar-refractivity contribution is 5.92. The van der Waals surface area contributed by atoms with Crippen LogP contribution in [0.15, 0.2) is 18.2 Å². The fourth-order valence-corrected chi connectivity index (χ4v) is 2.68. The van der Waals surface area contributed by atoms with E-state index in [0.717, 1.165) is 31.5 Å². The van der Waals surface area contributed by atoms with E-state index in [9.17, 15) is 9.90 Å². The highest BCUT2D eigenvalue weighted by atomic mass is 16.3. The third-order valence-corrected chi connectivity index (χ3v) is 4.10. The summed E-state index contributed by atoms with van der Waals surface area (Å²) in [4.78, 5) is 14.2. The smallest absolute Gasteiger partial charge is 0.238 e. The van der Waals surface area contributed by atoms with Crippen molar-refractivity contribution in [2.75, 3.05) is 25.0 Å². The van der Waals surface area contributed by atoms with Crippen molar-refractivity contribution in [1.29, 1.82) is 0 Å². The van der Waals surface area contributed by atoms with Crippen LogP contribution in [0.5, 0.6) is 0 Å². The van der Waals surface area contributed by atoms with Crippen LogP contribution in [0.25, 0.3) is 0 Å². The van der Waals surface area contributed by atoms with Crippen LogP contribution in [0.3, 0.4) is 0 Å². The number of hydrogen-bond donors (Lipinski definition) is 2. The van der Waals surface area contributed by atoms with E-state index in [1.165, 1.54) is 11.1 Å². The number of rotatable bonds is 4. The first-order valence-electron chi connectivity index (χ1n) is 7.32. The zero-order valence-electron chi connectivity index (χ0n) is 12.4. The molecule has 0 radical (unpaired) electrons. The average molecular weight is 276 g/mol. The summed E-state index contributed by atoms with van der Waals surface area (Å²) in [6, 6.07) is 6.07. The lowest BCUT2D eigenvalue weighted by Gasteiger charge is -2.33. The first-order chi connectivity index (χ1) is 9.60. The maximum atomic E-state index is 12.1. The van der Waals surface area contributed by atoms with Gasteiger partial charge >= 0.3 is 0 Å². The van der Waals surface area contributed by atoms with Gasteiger partial charge in [0.1, 0.15) is 0 Å². The van der Waals surface area contributed by atoms with E-state index in [1.807, 2.05) is 25.1 Å². The van der Waals surface area contributed by atoms with Gasteiger partial charge in [-0.1, -0.05) is 12.5 Å². The normalized spacial score (nSPS) is 19.9. The molecule has 4 nitrogen and oxygen atoms in total. The second kappa shape index (κ2) is 6.86. The Balaban J connectivity index is 1.92. The van der Waals surface area contributed by atoms with Gasteiger partial charge in [0, 0.05) is 11.7 Å². The van der Waals surface area contributed by atoms with Gasteiger partial charge in [-0.25, -0.2) is 0 Å². The van der Waals surface area contributed by atoms with Gasteiger partial charge in [0.25, 0.3) is 0 Å². The molecule has 2 N–H and O–H groups in total. The zero-order valence-corrected chi connectivity index (χ0v) is 12.4. The molecule has 1 aromatic carbocycles. The molecule has 4 heteroatoms. The van der Waals surface area contributed by atoms with Crippen molar-refractivity contribution in [2.45, 2.75) is 39.2 Å². The number of likely N-dealkylation sites (tertiary alicyclic amines) is 1. The standard InChI is InChI=1S/C16H24N2O2/c1-12-6-7-14(9-13(12)2)17-16(20)10-18-8-4-3-5-15(18)11-19/h6-7,9,15,19H,3-5,8,10-11H2,1-2H3,(H,17,20). The van der Waals surface area contributed by atoms with Crippen LogP contribution in [-0.2, 0) is 4.79 Å². The van der Waals surface area contributed by atoms with Crippen LogP contribution in [0.1, 0.15) is 30.4 Å². The number of aliphatic hydroxyl groups is 1. The summed E-state index contributed by atoms with van der Waals surface area (Å²) in [7, 11) is 0. The van der Waals surface area contributed by atoms with E-state index in [1.54, 1.807) is 0 Å². The van der Waals surface area contributed by atoms with Gasteiger partial charge in [-0.05, 0) is 56.5 Å². The SMILES string of the molecule is Cc1ccc(NC(=O)CN2CCCCC2CO)cc1C. The molecule has 1 aliphatic rings. The highest BCUT2D eigenvalue weighted by Crippen LogP contribution is 2.17. The number of nitrogens with zero attached hydrogens (tertiary/aromatic N) is 1. The summed E-state index contributed by atoms with van der Waals surface area (Å²) >= 11 is 0. The molecule has 1 atom stereocenters. The number of anilines is 1. The number of aliphatic hydroxyl groups excluding tert-OH is 1. The summed E-state index contributed by atoms with van der Waals surface area (Å²) in [5.41, 5.74) is 3.24. The summed E-state index contributed by atoms with van der Waals surface area (Å²) < 4.78 is 0. The average Bonchev–Trinajstić information content (AvgIpc) is 2.43. The number of aryl methyl sites for hydroxylation is 2. The number of benzene rings is 1. The minimum Gasteiger partial charge on any atom is -0.395 e. The predicted molar refractivity (Wildman–Crippen MR) is 80.8 cm³/mol. The molecule has 1 unspecified atom stereocenters. The van der Waals surface area contributed by atoms with E-state index >= 15 is 0 Å². The quantitative estimate of drug-likeness (QED) is 0.885. The summed E-state index contributed by atoms with van der Waals surface area (Å²) in [6.45, 7) is 5.48. The summed E-state index contributed by atoms with van der Waals surface area (Å²) in [5.74, 6) is -0.00592. The van der Waals surface area contributed by atoms with Gasteiger partial charge < -0.3 is 10.4 Å². The predicted octanol–water partition coefficient (Wildman–Crippen LogP) is 2.09. The van der Waals surface area contributed by atoms with Crippen LogP contribution >= 0.6 is 0 Å². The Morgan fingerprint density at radius 3 is 2.85 bits per heavy atom. The van der Waals surface area contributed by atoms with E-state index in [4.69, 9.17) is 0 Å². The second-order valence-electron chi connectivity index (χ2n) is 5.65. The molecule has 1 fully saturated rings. The molecule has 2 rings (SSSR count). The highest BCUT2D eigenvalue weighted by Gasteiger charge is 2.23. The Labute approximate surface area is 120 Å². The van der Waals surface area contributed by atoms with E-state index in [-0.39, 0.29) is 18.6 Å². The molecule has 0 spiro atoms. The van der Waals surface area contributed by atoms with Crippen LogP contribution in [0.2, 0.25) is 0 Å². The Kier molecular flexibility index (Phi) is 5.15. The molecule has 0 saturated carbocycles. The lowest BCUT2D eigenvalue weighted by atomic mass is 10.0. The lowest BCUT2D eigenvalue weighted by Crippen LogP contribution is -2.45. The topological polar surface area (TPSA) is 52.6 Å². The lowest BCUT2D eigenvalue weighted by molar-refractivity contribution is -0.118. The third-order valence-electron chi connectivity index (χ3n) is 4.10. The minimum atomic E-state index is -0.00592. The van der Waals surface area contributed by atoms with Crippen molar-refractivity contribution in [2.24, 2.45) is 0 Å². The van der Waals surface area contributed by atoms with Gasteiger partial charge in [-0.2, -0.15) is 0 Å². The number of carbonyl (C=O) groups excluding carboxylic acids is 1. The molecule has 1 amide bonds. The Morgan fingerprint density at radius 1 is 1.35 bits per heavy atom. The molecule has 20 heavy (non-hydrogen) atoms. The molecule has 1 aliphatic heterocycles. The molecule has 0 aromatic heterocycles. The van der Waals surface area contributed by atoms with Crippen molar-refractivity contribution in [1.82, 2.24) is 4.90 Å². The monoisotopic (exact) mass is 276 g/mol. The van der Waals surface area contributed by atoms with Crippen LogP contribution in [0, 0.1) is 13.8 Å². The Bertz CT molecular complexity index is 474. The van der Waals surface area contributed by atoms with Crippen molar-refractivity contribution in [3.05, 3.63) is 29.3 Å². The molecule has 110 valence electrons. The molecular weight excluding hydrogens is 252 g/mol. The van der Waals surface area contributed by atoms with Gasteiger partial charge in [0.2, 0.25) is 5.91 Å². The van der Waals surface area contributed by atoms with Crippen LogP contribution < -0.4 is 5.32 Å². The first kappa shape index (κ1) is 15.0. The molecule has 0 bridgehead atoms. The fourth-order valence-electron chi connectivity index (χ4n) is 2.68. The Morgan fingerprint density at radius 2 is 2.15 bits per heavy atom. The first-order valence-corrected chi connectivity index (χ1v) is 7.32. The third kappa shape index (κ3) is 3.81. The number of hydrogen-bond acceptors (Lipinski definition) is 3. The molecular formula is C16H24N2O2. The van der Waals surface area contributed by atoms with E-state index < -0.39 is 0 Å². The molecule has 1 saturated heterocycles. The Hall–Kier alpha value is -1.39. The van der Waals surface area contributed by atoms with Crippen molar-refractivity contribution in [3.8, 4) is 0 Å². The molecule has 0 aliphatic carbocycles. The summed E-state index contributed by atoms with van der Waals surface area (Å²) in [6.07, 6.45) is 3.22. The largest absolute Gasteiger partial charge is 0.395 e. The van der Waals surface area contributed by atoms with Crippen molar-refractivity contribution >= 4 is 11.6 Å². The fraction of sp³-hybridized carbons (Fsp3) is 0.562. The zero-order chi connectivity index (χ0) is 14.5. The van der Waals surface area contributed by atoms with Gasteiger partial charge in [0.05, 0.1) is 13.2 Å². The molecule has 1 aromatic rings. The summed E-state index contributed by atoms with van der Waals surface area (Å²) in [5, 5.41) is 12.3. The molecule has 1 heterocycles. The van der Waals surface area contributed by atoms with E-state index in [0.29, 0.717) is 6.54 Å². The minimum absolute atomic E-state index is 0.00592. The van der Waals surface area contributed by atoms with Gasteiger partial charge in [-0.15, -0.1) is 0 Å². The second-order valence-corrected chi connectivity index (χ2v) is 5.65. The number of carbonyl (C=O) groups is 1. The number of amides is 1. The number of piperidine rings is 1. The maximum Gasteiger partial charge on any atom is 0.238 e. The van der Waals surface area contributed by atoms with E-state index in [2.05, 4.69) is 17.1 Å². The van der Waals surface area contributed by atoms with Gasteiger partial charge in [0.15, 0.2) is 0 Å².